The molecule has 1 aliphatic rings. The lowest BCUT2D eigenvalue weighted by molar-refractivity contribution is 0.246. The van der Waals surface area contributed by atoms with Crippen LogP contribution in [-0.2, 0) is 6.42 Å². The van der Waals surface area contributed by atoms with Gasteiger partial charge in [-0.25, -0.2) is 8.78 Å². The summed E-state index contributed by atoms with van der Waals surface area (Å²) >= 11 is 5.92. The van der Waals surface area contributed by atoms with E-state index in [9.17, 15) is 8.78 Å². The van der Waals surface area contributed by atoms with Crippen LogP contribution in [0.5, 0.6) is 5.75 Å². The zero-order valence-electron chi connectivity index (χ0n) is 10.5. The Balaban J connectivity index is 1.63. The van der Waals surface area contributed by atoms with Crippen molar-refractivity contribution >= 4 is 17.3 Å². The van der Waals surface area contributed by atoms with Crippen molar-refractivity contribution in [2.75, 3.05) is 11.9 Å². The molecule has 1 N–H and O–H groups in total. The van der Waals surface area contributed by atoms with Gasteiger partial charge in [0.25, 0.3) is 0 Å². The van der Waals surface area contributed by atoms with E-state index in [1.165, 1.54) is 12.1 Å². The van der Waals surface area contributed by atoms with Crippen molar-refractivity contribution in [1.82, 2.24) is 0 Å². The first-order valence-electron chi connectivity index (χ1n) is 6.26. The minimum Gasteiger partial charge on any atom is -0.488 e. The van der Waals surface area contributed by atoms with Crippen LogP contribution in [-0.4, -0.2) is 12.6 Å². The molecule has 0 bridgehead atoms. The van der Waals surface area contributed by atoms with E-state index in [0.29, 0.717) is 18.0 Å². The minimum atomic E-state index is -0.608. The Kier molecular flexibility index (Phi) is 3.49. The molecule has 2 nitrogen and oxygen atoms in total. The molecule has 104 valence electrons. The van der Waals surface area contributed by atoms with Gasteiger partial charge in [0.1, 0.15) is 23.5 Å². The highest BCUT2D eigenvalue weighted by molar-refractivity contribution is 6.30. The second-order valence-corrected chi connectivity index (χ2v) is 5.14. The molecule has 0 amide bonds. The number of anilines is 1. The van der Waals surface area contributed by atoms with Crippen molar-refractivity contribution in [3.8, 4) is 5.75 Å². The Labute approximate surface area is 120 Å². The first-order chi connectivity index (χ1) is 9.61. The monoisotopic (exact) mass is 295 g/mol. The summed E-state index contributed by atoms with van der Waals surface area (Å²) in [5, 5.41) is 3.60. The summed E-state index contributed by atoms with van der Waals surface area (Å²) in [6.07, 6.45) is 0.624. The van der Waals surface area contributed by atoms with E-state index in [1.807, 2.05) is 12.1 Å². The number of benzene rings is 2. The molecule has 0 spiro atoms. The average Bonchev–Trinajstić information content (AvgIpc) is 2.79. The molecule has 0 aromatic heterocycles. The molecule has 0 fully saturated rings. The van der Waals surface area contributed by atoms with Crippen molar-refractivity contribution in [3.63, 3.8) is 0 Å². The van der Waals surface area contributed by atoms with Gasteiger partial charge in [0.2, 0.25) is 0 Å². The van der Waals surface area contributed by atoms with Crippen molar-refractivity contribution in [1.29, 1.82) is 0 Å². The smallest absolute Gasteiger partial charge is 0.149 e. The van der Waals surface area contributed by atoms with Gasteiger partial charge in [0.05, 0.1) is 12.2 Å². The van der Waals surface area contributed by atoms with Crippen LogP contribution in [0.25, 0.3) is 0 Å². The van der Waals surface area contributed by atoms with Crippen molar-refractivity contribution < 1.29 is 13.5 Å². The summed E-state index contributed by atoms with van der Waals surface area (Å²) < 4.78 is 32.0. The van der Waals surface area contributed by atoms with Gasteiger partial charge in [0, 0.05) is 17.5 Å². The molecule has 0 saturated carbocycles. The maximum Gasteiger partial charge on any atom is 0.149 e. The SMILES string of the molecule is Fc1ccc(NCC2Cc3cc(Cl)ccc3O2)c(F)c1. The topological polar surface area (TPSA) is 21.3 Å². The first kappa shape index (κ1) is 13.2. The fourth-order valence-electron chi connectivity index (χ4n) is 2.26. The second kappa shape index (κ2) is 5.29. The van der Waals surface area contributed by atoms with Crippen LogP contribution in [0.1, 0.15) is 5.56 Å². The molecule has 0 saturated heterocycles. The number of hydrogen-bond donors (Lipinski definition) is 1. The Morgan fingerprint density at radius 2 is 2.05 bits per heavy atom. The van der Waals surface area contributed by atoms with E-state index in [2.05, 4.69) is 5.32 Å². The number of hydrogen-bond acceptors (Lipinski definition) is 2. The average molecular weight is 296 g/mol. The van der Waals surface area contributed by atoms with Gasteiger partial charge in [-0.15, -0.1) is 0 Å². The van der Waals surface area contributed by atoms with E-state index in [4.69, 9.17) is 16.3 Å². The molecule has 2 aromatic carbocycles. The lowest BCUT2D eigenvalue weighted by Crippen LogP contribution is -2.24. The summed E-state index contributed by atoms with van der Waals surface area (Å²) in [7, 11) is 0. The van der Waals surface area contributed by atoms with Gasteiger partial charge in [-0.1, -0.05) is 11.6 Å². The lowest BCUT2D eigenvalue weighted by Gasteiger charge is -2.13. The van der Waals surface area contributed by atoms with Crippen LogP contribution in [0.2, 0.25) is 5.02 Å². The quantitative estimate of drug-likeness (QED) is 0.923. The number of nitrogens with one attached hydrogen (secondary N) is 1. The van der Waals surface area contributed by atoms with Crippen molar-refractivity contribution in [2.24, 2.45) is 0 Å². The predicted molar refractivity (Wildman–Crippen MR) is 74.4 cm³/mol. The fraction of sp³-hybridized carbons (Fsp3) is 0.200. The van der Waals surface area contributed by atoms with Gasteiger partial charge in [-0.3, -0.25) is 0 Å². The number of fused-ring (bicyclic) bond motifs is 1. The Morgan fingerprint density at radius 1 is 1.20 bits per heavy atom. The highest BCUT2D eigenvalue weighted by Gasteiger charge is 2.23. The Bertz CT molecular complexity index is 648. The van der Waals surface area contributed by atoms with Gasteiger partial charge in [0.15, 0.2) is 0 Å². The standard InChI is InChI=1S/C15H12ClF2NO/c16-10-1-4-15-9(5-10)6-12(20-15)8-19-14-3-2-11(17)7-13(14)18/h1-5,7,12,19H,6,8H2. The lowest BCUT2D eigenvalue weighted by atomic mass is 10.1. The molecule has 2 aromatic rings. The maximum atomic E-state index is 13.5. The van der Waals surface area contributed by atoms with E-state index >= 15 is 0 Å². The molecule has 5 heteroatoms. The molecule has 20 heavy (non-hydrogen) atoms. The van der Waals surface area contributed by atoms with Crippen LogP contribution in [0, 0.1) is 11.6 Å². The van der Waals surface area contributed by atoms with Crippen LogP contribution in [0.15, 0.2) is 36.4 Å². The first-order valence-corrected chi connectivity index (χ1v) is 6.63. The van der Waals surface area contributed by atoms with E-state index in [1.54, 1.807) is 6.07 Å². The molecule has 0 radical (unpaired) electrons. The number of halogens is 3. The predicted octanol–water partition coefficient (Wildman–Crippen LogP) is 4.03. The summed E-state index contributed by atoms with van der Waals surface area (Å²) in [5.41, 5.74) is 1.31. The van der Waals surface area contributed by atoms with E-state index < -0.39 is 11.6 Å². The maximum absolute atomic E-state index is 13.5. The molecular formula is C15H12ClF2NO. The van der Waals surface area contributed by atoms with E-state index in [0.717, 1.165) is 17.4 Å². The number of ether oxygens (including phenoxy) is 1. The second-order valence-electron chi connectivity index (χ2n) is 4.70. The van der Waals surface area contributed by atoms with Crippen LogP contribution >= 0.6 is 11.6 Å². The third kappa shape index (κ3) is 2.70. The zero-order chi connectivity index (χ0) is 14.1. The summed E-state index contributed by atoms with van der Waals surface area (Å²) in [5.74, 6) is -0.392. The largest absolute Gasteiger partial charge is 0.488 e. The van der Waals surface area contributed by atoms with Crippen LogP contribution < -0.4 is 10.1 Å². The normalized spacial score (nSPS) is 16.6. The molecule has 0 aliphatic carbocycles. The molecular weight excluding hydrogens is 284 g/mol. The van der Waals surface area contributed by atoms with Crippen LogP contribution in [0.3, 0.4) is 0 Å². The van der Waals surface area contributed by atoms with Gasteiger partial charge >= 0.3 is 0 Å². The van der Waals surface area contributed by atoms with Crippen molar-refractivity contribution in [2.45, 2.75) is 12.5 Å². The highest BCUT2D eigenvalue weighted by atomic mass is 35.5. The van der Waals surface area contributed by atoms with Crippen molar-refractivity contribution in [3.05, 3.63) is 58.6 Å². The molecule has 1 unspecified atom stereocenters. The van der Waals surface area contributed by atoms with E-state index in [-0.39, 0.29) is 11.8 Å². The number of rotatable bonds is 3. The molecule has 1 aliphatic heterocycles. The zero-order valence-corrected chi connectivity index (χ0v) is 11.3. The summed E-state index contributed by atoms with van der Waals surface area (Å²) in [6.45, 7) is 0.439. The van der Waals surface area contributed by atoms with Gasteiger partial charge in [-0.2, -0.15) is 0 Å². The van der Waals surface area contributed by atoms with Gasteiger partial charge in [-0.05, 0) is 35.9 Å². The third-order valence-corrected chi connectivity index (χ3v) is 3.45. The third-order valence-electron chi connectivity index (χ3n) is 3.22. The Morgan fingerprint density at radius 3 is 2.85 bits per heavy atom. The molecule has 3 rings (SSSR count). The summed E-state index contributed by atoms with van der Waals surface area (Å²) in [6, 6.07) is 8.92. The fourth-order valence-corrected chi connectivity index (χ4v) is 2.45. The van der Waals surface area contributed by atoms with Crippen LogP contribution in [0.4, 0.5) is 14.5 Å². The molecule has 1 atom stereocenters. The minimum absolute atomic E-state index is 0.0899. The molecule has 1 heterocycles. The van der Waals surface area contributed by atoms with Gasteiger partial charge < -0.3 is 10.1 Å². The Hall–Kier alpha value is -1.81. The highest BCUT2D eigenvalue weighted by Crippen LogP contribution is 2.31. The summed E-state index contributed by atoms with van der Waals surface area (Å²) in [4.78, 5) is 0.